The Morgan fingerprint density at radius 2 is 1.37 bits per heavy atom. The van der Waals surface area contributed by atoms with Crippen molar-refractivity contribution in [3.8, 4) is 0 Å². The Morgan fingerprint density at radius 1 is 0.733 bits per heavy atom. The minimum absolute atomic E-state index is 0.0454. The van der Waals surface area contributed by atoms with Crippen molar-refractivity contribution >= 4 is 5.97 Å². The third-order valence-electron chi connectivity index (χ3n) is 6.01. The molecule has 0 aliphatic carbocycles. The fourth-order valence-electron chi connectivity index (χ4n) is 3.97. The van der Waals surface area contributed by atoms with E-state index in [-0.39, 0.29) is 18.5 Å². The van der Waals surface area contributed by atoms with Crippen molar-refractivity contribution in [2.24, 2.45) is 5.92 Å². The Bertz CT molecular complexity index is 362. The molecule has 0 heterocycles. The molecule has 0 aliphatic heterocycles. The van der Waals surface area contributed by atoms with Crippen LogP contribution in [0.5, 0.6) is 0 Å². The van der Waals surface area contributed by atoms with Crippen molar-refractivity contribution in [1.29, 1.82) is 0 Å². The summed E-state index contributed by atoms with van der Waals surface area (Å²) in [6.07, 6.45) is 19.2. The first-order valence-corrected chi connectivity index (χ1v) is 13.2. The molecule has 4 heteroatoms. The molecule has 0 aromatic carbocycles. The topological polar surface area (TPSA) is 58.6 Å². The van der Waals surface area contributed by atoms with Gasteiger partial charge in [-0.3, -0.25) is 4.79 Å². The van der Waals surface area contributed by atoms with Crippen LogP contribution in [0.15, 0.2) is 0 Å². The lowest BCUT2D eigenvalue weighted by atomic mass is 9.93. The maximum absolute atomic E-state index is 12.7. The van der Waals surface area contributed by atoms with Gasteiger partial charge in [-0.05, 0) is 51.5 Å². The van der Waals surface area contributed by atoms with Crippen molar-refractivity contribution in [3.05, 3.63) is 0 Å². The van der Waals surface area contributed by atoms with Crippen molar-refractivity contribution < 1.29 is 14.6 Å². The van der Waals surface area contributed by atoms with Crippen LogP contribution >= 0.6 is 0 Å². The molecular formula is C26H53NO3. The highest BCUT2D eigenvalue weighted by Gasteiger charge is 2.20. The Hall–Kier alpha value is -0.610. The minimum atomic E-state index is 0.0454. The van der Waals surface area contributed by atoms with Gasteiger partial charge in [0.2, 0.25) is 0 Å². The second kappa shape index (κ2) is 23.1. The van der Waals surface area contributed by atoms with Gasteiger partial charge >= 0.3 is 5.97 Å². The molecule has 0 fully saturated rings. The molecule has 0 radical (unpaired) electrons. The van der Waals surface area contributed by atoms with E-state index < -0.39 is 0 Å². The lowest BCUT2D eigenvalue weighted by molar-refractivity contribution is -0.149. The quantitative estimate of drug-likeness (QED) is 0.139. The molecule has 0 aromatic rings. The predicted octanol–water partition coefficient (Wildman–Crippen LogP) is 6.79. The summed E-state index contributed by atoms with van der Waals surface area (Å²) < 4.78 is 5.64. The molecule has 2 N–H and O–H groups in total. The molecule has 0 aliphatic rings. The summed E-state index contributed by atoms with van der Waals surface area (Å²) in [5, 5.41) is 12.6. The second-order valence-corrected chi connectivity index (χ2v) is 8.93. The molecule has 30 heavy (non-hydrogen) atoms. The molecule has 0 spiro atoms. The van der Waals surface area contributed by atoms with Crippen LogP contribution in [0, 0.1) is 5.92 Å². The molecule has 180 valence electrons. The van der Waals surface area contributed by atoms with E-state index in [1.807, 2.05) is 0 Å². The molecule has 2 atom stereocenters. The number of unbranched alkanes of at least 4 members (excludes halogenated alkanes) is 8. The first kappa shape index (κ1) is 29.4. The van der Waals surface area contributed by atoms with Gasteiger partial charge < -0.3 is 15.2 Å². The van der Waals surface area contributed by atoms with Crippen LogP contribution in [0.4, 0.5) is 0 Å². The van der Waals surface area contributed by atoms with E-state index in [2.05, 4.69) is 26.1 Å². The number of rotatable bonds is 23. The molecule has 0 aromatic heterocycles. The van der Waals surface area contributed by atoms with Gasteiger partial charge in [0.15, 0.2) is 0 Å². The molecule has 0 rings (SSSR count). The zero-order valence-electron chi connectivity index (χ0n) is 20.6. The van der Waals surface area contributed by atoms with Crippen LogP contribution in [0.3, 0.4) is 0 Å². The van der Waals surface area contributed by atoms with E-state index in [1.54, 1.807) is 0 Å². The number of esters is 1. The first-order valence-electron chi connectivity index (χ1n) is 13.2. The van der Waals surface area contributed by atoms with Crippen LogP contribution < -0.4 is 5.32 Å². The van der Waals surface area contributed by atoms with E-state index >= 15 is 0 Å². The average molecular weight is 428 g/mol. The predicted molar refractivity (Wildman–Crippen MR) is 129 cm³/mol. The lowest BCUT2D eigenvalue weighted by Gasteiger charge is -2.21. The molecule has 0 amide bonds. The minimum Gasteiger partial charge on any atom is -0.465 e. The van der Waals surface area contributed by atoms with Crippen LogP contribution in [0.2, 0.25) is 0 Å². The zero-order valence-corrected chi connectivity index (χ0v) is 20.6. The Kier molecular flexibility index (Phi) is 22.6. The van der Waals surface area contributed by atoms with Gasteiger partial charge in [-0.2, -0.15) is 0 Å². The average Bonchev–Trinajstić information content (AvgIpc) is 2.75. The largest absolute Gasteiger partial charge is 0.465 e. The maximum atomic E-state index is 12.7. The number of hydrogen-bond acceptors (Lipinski definition) is 4. The number of aliphatic hydroxyl groups excluding tert-OH is 1. The summed E-state index contributed by atoms with van der Waals surface area (Å²) >= 11 is 0. The fraction of sp³-hybridized carbons (Fsp3) is 0.962. The number of hydrogen-bond donors (Lipinski definition) is 2. The summed E-state index contributed by atoms with van der Waals surface area (Å²) in [6, 6.07) is 0.537. The first-order chi connectivity index (χ1) is 14.7. The SMILES string of the molecule is CCCCCCOC(=O)C(CCCCCC)CCCC(CCCC)NCCCCO. The van der Waals surface area contributed by atoms with E-state index in [9.17, 15) is 4.79 Å². The monoisotopic (exact) mass is 427 g/mol. The van der Waals surface area contributed by atoms with Crippen LogP contribution in [-0.2, 0) is 9.53 Å². The van der Waals surface area contributed by atoms with E-state index in [4.69, 9.17) is 9.84 Å². The Balaban J connectivity index is 4.41. The van der Waals surface area contributed by atoms with Gasteiger partial charge in [0.05, 0.1) is 12.5 Å². The summed E-state index contributed by atoms with van der Waals surface area (Å²) in [6.45, 7) is 8.53. The number of carbonyl (C=O) groups excluding carboxylic acids is 1. The summed E-state index contributed by atoms with van der Waals surface area (Å²) in [5.74, 6) is 0.123. The molecule has 0 bridgehead atoms. The van der Waals surface area contributed by atoms with Gasteiger partial charge in [-0.1, -0.05) is 85.0 Å². The van der Waals surface area contributed by atoms with E-state index in [0.29, 0.717) is 12.6 Å². The Morgan fingerprint density at radius 3 is 2.03 bits per heavy atom. The second-order valence-electron chi connectivity index (χ2n) is 8.93. The normalized spacial score (nSPS) is 13.3. The highest BCUT2D eigenvalue weighted by Crippen LogP contribution is 2.21. The van der Waals surface area contributed by atoms with Gasteiger partial charge in [-0.25, -0.2) is 0 Å². The third kappa shape index (κ3) is 18.2. The molecule has 0 saturated heterocycles. The Labute approximate surface area is 187 Å². The lowest BCUT2D eigenvalue weighted by Crippen LogP contribution is -2.30. The number of nitrogens with one attached hydrogen (secondary N) is 1. The van der Waals surface area contributed by atoms with Gasteiger partial charge in [-0.15, -0.1) is 0 Å². The fourth-order valence-corrected chi connectivity index (χ4v) is 3.97. The van der Waals surface area contributed by atoms with Gasteiger partial charge in [0.25, 0.3) is 0 Å². The van der Waals surface area contributed by atoms with Crippen LogP contribution in [-0.4, -0.2) is 36.9 Å². The van der Waals surface area contributed by atoms with Crippen LogP contribution in [0.1, 0.15) is 130 Å². The van der Waals surface area contributed by atoms with Crippen molar-refractivity contribution in [2.45, 2.75) is 136 Å². The smallest absolute Gasteiger partial charge is 0.308 e. The highest BCUT2D eigenvalue weighted by atomic mass is 16.5. The summed E-state index contributed by atoms with van der Waals surface area (Å²) in [5.41, 5.74) is 0. The maximum Gasteiger partial charge on any atom is 0.308 e. The van der Waals surface area contributed by atoms with E-state index in [1.165, 1.54) is 51.4 Å². The van der Waals surface area contributed by atoms with Crippen molar-refractivity contribution in [2.75, 3.05) is 19.8 Å². The molecule has 0 saturated carbocycles. The van der Waals surface area contributed by atoms with Crippen molar-refractivity contribution in [1.82, 2.24) is 5.32 Å². The van der Waals surface area contributed by atoms with Crippen molar-refractivity contribution in [3.63, 3.8) is 0 Å². The van der Waals surface area contributed by atoms with Gasteiger partial charge in [0.1, 0.15) is 0 Å². The number of aliphatic hydroxyl groups is 1. The number of ether oxygens (including phenoxy) is 1. The van der Waals surface area contributed by atoms with Gasteiger partial charge in [0, 0.05) is 12.6 Å². The summed E-state index contributed by atoms with van der Waals surface area (Å²) in [7, 11) is 0. The standard InChI is InChI=1S/C26H53NO3/c1-4-7-10-12-17-24(26(29)30-23-15-11-8-5-2)18-16-20-25(19-9-6-3)27-21-13-14-22-28/h24-25,27-28H,4-23H2,1-3H3. The third-order valence-corrected chi connectivity index (χ3v) is 6.01. The molecule has 2 unspecified atom stereocenters. The molecular weight excluding hydrogens is 374 g/mol. The molecule has 4 nitrogen and oxygen atoms in total. The number of carbonyl (C=O) groups is 1. The highest BCUT2D eigenvalue weighted by molar-refractivity contribution is 5.72. The van der Waals surface area contributed by atoms with E-state index in [0.717, 1.165) is 64.3 Å². The summed E-state index contributed by atoms with van der Waals surface area (Å²) in [4.78, 5) is 12.7. The van der Waals surface area contributed by atoms with Crippen LogP contribution in [0.25, 0.3) is 0 Å². The zero-order chi connectivity index (χ0) is 22.3.